The van der Waals surface area contributed by atoms with Crippen LogP contribution >= 0.6 is 0 Å². The SMILES string of the molecule is COC(=O)N1CC[C@@](C(=O)N2CC(F)(F)C(F)(F)C2)(c2ccc3[nH]c([C@@H](NC(=O)c4nonc4C)C4CCC(F)(F)CC4)nc3c2F)C1. The maximum Gasteiger partial charge on any atom is 0.409 e. The van der Waals surface area contributed by atoms with E-state index in [4.69, 9.17) is 4.74 Å². The van der Waals surface area contributed by atoms with E-state index >= 15 is 4.39 Å². The van der Waals surface area contributed by atoms with Crippen LogP contribution in [0.2, 0.25) is 0 Å². The number of ether oxygens (including phenoxy) is 1. The molecule has 6 rings (SSSR count). The molecule has 1 aromatic carbocycles. The van der Waals surface area contributed by atoms with Crippen LogP contribution in [0.5, 0.6) is 0 Å². The summed E-state index contributed by atoms with van der Waals surface area (Å²) in [6, 6.07) is 1.45. The van der Waals surface area contributed by atoms with Gasteiger partial charge in [0.1, 0.15) is 17.0 Å². The van der Waals surface area contributed by atoms with Gasteiger partial charge in [-0.25, -0.2) is 27.6 Å². The lowest BCUT2D eigenvalue weighted by molar-refractivity contribution is -0.172. The van der Waals surface area contributed by atoms with Gasteiger partial charge in [0, 0.05) is 31.5 Å². The normalized spacial score (nSPS) is 24.2. The summed E-state index contributed by atoms with van der Waals surface area (Å²) in [6.45, 7) is -2.51. The van der Waals surface area contributed by atoms with E-state index < -0.39 is 91.3 Å². The Morgan fingerprint density at radius 1 is 1.00 bits per heavy atom. The average molecular weight is 690 g/mol. The molecule has 3 aromatic rings. The van der Waals surface area contributed by atoms with Gasteiger partial charge in [-0.1, -0.05) is 11.2 Å². The highest BCUT2D eigenvalue weighted by Gasteiger charge is 2.66. The van der Waals surface area contributed by atoms with Crippen molar-refractivity contribution in [3.05, 3.63) is 40.7 Å². The molecule has 0 radical (unpaired) electrons. The third kappa shape index (κ3) is 5.59. The van der Waals surface area contributed by atoms with E-state index in [1.807, 2.05) is 0 Å². The molecule has 2 aromatic heterocycles. The monoisotopic (exact) mass is 689 g/mol. The lowest BCUT2D eigenvalue weighted by Gasteiger charge is -2.33. The molecule has 19 heteroatoms. The number of alkyl halides is 6. The van der Waals surface area contributed by atoms with Crippen molar-refractivity contribution in [2.24, 2.45) is 5.92 Å². The largest absolute Gasteiger partial charge is 0.453 e. The molecule has 0 bridgehead atoms. The van der Waals surface area contributed by atoms with E-state index in [2.05, 4.69) is 30.2 Å². The van der Waals surface area contributed by atoms with Crippen molar-refractivity contribution in [3.8, 4) is 0 Å². The van der Waals surface area contributed by atoms with Crippen molar-refractivity contribution >= 4 is 28.9 Å². The van der Waals surface area contributed by atoms with E-state index in [1.54, 1.807) is 0 Å². The highest BCUT2D eigenvalue weighted by atomic mass is 19.3. The van der Waals surface area contributed by atoms with E-state index in [9.17, 15) is 40.7 Å². The fourth-order valence-electron chi connectivity index (χ4n) is 6.85. The van der Waals surface area contributed by atoms with Crippen LogP contribution in [0.3, 0.4) is 0 Å². The van der Waals surface area contributed by atoms with Gasteiger partial charge in [-0.15, -0.1) is 0 Å². The average Bonchev–Trinajstić information content (AvgIpc) is 3.81. The number of aromatic amines is 1. The van der Waals surface area contributed by atoms with Gasteiger partial charge in [-0.05, 0) is 43.3 Å². The zero-order valence-corrected chi connectivity index (χ0v) is 25.6. The van der Waals surface area contributed by atoms with Crippen molar-refractivity contribution in [3.63, 3.8) is 0 Å². The first-order valence-electron chi connectivity index (χ1n) is 15.0. The number of hydrogen-bond donors (Lipinski definition) is 2. The summed E-state index contributed by atoms with van der Waals surface area (Å²) in [5, 5.41) is 9.83. The van der Waals surface area contributed by atoms with Gasteiger partial charge in [0.05, 0.1) is 37.2 Å². The zero-order valence-electron chi connectivity index (χ0n) is 25.6. The Morgan fingerprint density at radius 3 is 2.27 bits per heavy atom. The number of aryl methyl sites for hydroxylation is 1. The molecule has 2 aliphatic heterocycles. The highest BCUT2D eigenvalue weighted by Crippen LogP contribution is 2.46. The van der Waals surface area contributed by atoms with Crippen molar-refractivity contribution in [2.45, 2.75) is 68.3 Å². The number of amides is 3. The van der Waals surface area contributed by atoms with Crippen molar-refractivity contribution < 1.29 is 54.5 Å². The molecule has 3 aliphatic rings. The predicted molar refractivity (Wildman–Crippen MR) is 149 cm³/mol. The number of methoxy groups -OCH3 is 1. The number of H-pyrrole nitrogens is 1. The molecule has 3 amide bonds. The first-order valence-corrected chi connectivity index (χ1v) is 15.0. The van der Waals surface area contributed by atoms with Crippen LogP contribution in [-0.2, 0) is 14.9 Å². The predicted octanol–water partition coefficient (Wildman–Crippen LogP) is 4.51. The Labute approximate surface area is 267 Å². The number of nitrogens with zero attached hydrogens (tertiary/aromatic N) is 5. The molecule has 1 saturated carbocycles. The van der Waals surface area contributed by atoms with Crippen molar-refractivity contribution in [1.29, 1.82) is 0 Å². The molecule has 0 spiro atoms. The Bertz CT molecular complexity index is 1740. The summed E-state index contributed by atoms with van der Waals surface area (Å²) in [4.78, 5) is 47.9. The quantitative estimate of drug-likeness (QED) is 0.360. The molecule has 2 N–H and O–H groups in total. The van der Waals surface area contributed by atoms with E-state index in [-0.39, 0.29) is 64.5 Å². The summed E-state index contributed by atoms with van der Waals surface area (Å²) >= 11 is 0. The van der Waals surface area contributed by atoms with Crippen LogP contribution in [0.15, 0.2) is 16.8 Å². The number of carbonyl (C=O) groups excluding carboxylic acids is 3. The van der Waals surface area contributed by atoms with Crippen LogP contribution < -0.4 is 5.32 Å². The number of imidazole rings is 1. The van der Waals surface area contributed by atoms with E-state index in [0.29, 0.717) is 0 Å². The van der Waals surface area contributed by atoms with E-state index in [1.165, 1.54) is 19.1 Å². The lowest BCUT2D eigenvalue weighted by Crippen LogP contribution is -2.49. The number of halogens is 7. The second kappa shape index (κ2) is 11.6. The maximum atomic E-state index is 16.6. The Morgan fingerprint density at radius 2 is 1.67 bits per heavy atom. The third-order valence-electron chi connectivity index (χ3n) is 9.52. The van der Waals surface area contributed by atoms with Crippen molar-refractivity contribution in [2.75, 3.05) is 33.3 Å². The molecule has 3 fully saturated rings. The fourth-order valence-corrected chi connectivity index (χ4v) is 6.85. The number of rotatable bonds is 6. The number of fused-ring (bicyclic) bond motifs is 1. The molecular weight excluding hydrogens is 659 g/mol. The van der Waals surface area contributed by atoms with Crippen LogP contribution in [0, 0.1) is 18.7 Å². The number of benzene rings is 1. The summed E-state index contributed by atoms with van der Waals surface area (Å²) in [5.41, 5.74) is -2.76. The van der Waals surface area contributed by atoms with Gasteiger partial charge < -0.3 is 24.8 Å². The van der Waals surface area contributed by atoms with Crippen LogP contribution in [0.4, 0.5) is 35.5 Å². The molecule has 2 saturated heterocycles. The molecule has 12 nitrogen and oxygen atoms in total. The number of aromatic nitrogens is 4. The second-order valence-corrected chi connectivity index (χ2v) is 12.6. The second-order valence-electron chi connectivity index (χ2n) is 12.6. The molecule has 4 heterocycles. The first kappa shape index (κ1) is 33.5. The Balaban J connectivity index is 1.40. The summed E-state index contributed by atoms with van der Waals surface area (Å²) in [7, 11) is 1.06. The summed E-state index contributed by atoms with van der Waals surface area (Å²) < 4.78 is 111. The molecule has 48 heavy (non-hydrogen) atoms. The summed E-state index contributed by atoms with van der Waals surface area (Å²) in [6.07, 6.45) is -2.20. The van der Waals surface area contributed by atoms with Gasteiger partial charge in [-0.3, -0.25) is 9.59 Å². The van der Waals surface area contributed by atoms with Gasteiger partial charge in [0.15, 0.2) is 11.5 Å². The zero-order chi connectivity index (χ0) is 34.8. The number of carbonyl (C=O) groups is 3. The van der Waals surface area contributed by atoms with Gasteiger partial charge in [0.25, 0.3) is 5.91 Å². The third-order valence-corrected chi connectivity index (χ3v) is 9.52. The fraction of sp³-hybridized carbons (Fsp3) is 0.586. The van der Waals surface area contributed by atoms with Crippen molar-refractivity contribution in [1.82, 2.24) is 35.4 Å². The standard InChI is InChI=1S/C29H30F7N7O5/c1-14-19(41-48-40-14)23(44)39-20(15-5-7-27(31,32)8-6-15)22-37-17-4-3-16(18(30)21(17)38-22)26(9-10-42(11-26)25(46)47-2)24(45)43-12-28(33,34)29(35,36)13-43/h3-4,15,20H,5-13H2,1-2H3,(H,37,38)(H,39,44)/t20-,26-/m0/s1. The maximum absolute atomic E-state index is 16.6. The lowest BCUT2D eigenvalue weighted by atomic mass is 9.77. The van der Waals surface area contributed by atoms with Crippen LogP contribution in [0.25, 0.3) is 11.0 Å². The van der Waals surface area contributed by atoms with E-state index in [0.717, 1.165) is 12.0 Å². The summed E-state index contributed by atoms with van der Waals surface area (Å²) in [5.74, 6) is -15.7. The Hall–Kier alpha value is -4.45. The molecule has 0 unspecified atom stereocenters. The highest BCUT2D eigenvalue weighted by molar-refractivity contribution is 5.94. The molecule has 1 aliphatic carbocycles. The number of nitrogens with one attached hydrogen (secondary N) is 2. The first-order chi connectivity index (χ1) is 22.5. The van der Waals surface area contributed by atoms with Crippen LogP contribution in [-0.4, -0.2) is 99.0 Å². The number of likely N-dealkylation sites (tertiary alicyclic amines) is 2. The van der Waals surface area contributed by atoms with Gasteiger partial charge in [0.2, 0.25) is 11.8 Å². The van der Waals surface area contributed by atoms with Crippen LogP contribution in [0.1, 0.15) is 65.7 Å². The minimum atomic E-state index is -4.53. The minimum absolute atomic E-state index is 0.0134. The number of hydrogen-bond acceptors (Lipinski definition) is 8. The molecule has 2 atom stereocenters. The van der Waals surface area contributed by atoms with Gasteiger partial charge in [-0.2, -0.15) is 17.6 Å². The molecule has 260 valence electrons. The molecular formula is C29H30F7N7O5. The minimum Gasteiger partial charge on any atom is -0.453 e. The topological polar surface area (TPSA) is 147 Å². The van der Waals surface area contributed by atoms with Gasteiger partial charge >= 0.3 is 17.9 Å². The Kier molecular flexibility index (Phi) is 8.09. The smallest absolute Gasteiger partial charge is 0.409 e.